The number of rotatable bonds is 6. The van der Waals surface area contributed by atoms with Crippen LogP contribution in [0, 0.1) is 6.92 Å². The Hall–Kier alpha value is -2.83. The highest BCUT2D eigenvalue weighted by Gasteiger charge is 2.31. The van der Waals surface area contributed by atoms with Crippen LogP contribution >= 0.6 is 11.6 Å². The molecule has 1 amide bonds. The quantitative estimate of drug-likeness (QED) is 0.425. The molecule has 0 saturated carbocycles. The van der Waals surface area contributed by atoms with Gasteiger partial charge >= 0.3 is 6.18 Å². The number of benzene rings is 3. The summed E-state index contributed by atoms with van der Waals surface area (Å²) in [6.07, 6.45) is -2.69. The number of carbonyl (C=O) groups is 1. The second-order valence-corrected chi connectivity index (χ2v) is 9.11. The van der Waals surface area contributed by atoms with Gasteiger partial charge in [-0.3, -0.25) is 9.69 Å². The van der Waals surface area contributed by atoms with Gasteiger partial charge < -0.3 is 5.32 Å². The van der Waals surface area contributed by atoms with Gasteiger partial charge in [-0.05, 0) is 78.4 Å². The van der Waals surface area contributed by atoms with Gasteiger partial charge in [-0.2, -0.15) is 13.2 Å². The molecule has 1 saturated heterocycles. The predicted octanol–water partition coefficient (Wildman–Crippen LogP) is 6.62. The second-order valence-electron chi connectivity index (χ2n) is 8.71. The largest absolute Gasteiger partial charge is 0.416 e. The third kappa shape index (κ3) is 5.80. The summed E-state index contributed by atoms with van der Waals surface area (Å²) >= 11 is 6.29. The Bertz CT molecular complexity index is 1160. The van der Waals surface area contributed by atoms with E-state index in [0.29, 0.717) is 12.1 Å². The summed E-state index contributed by atoms with van der Waals surface area (Å²) in [6.45, 7) is 3.63. The number of aryl methyl sites for hydroxylation is 1. The van der Waals surface area contributed by atoms with Crippen LogP contribution in [-0.4, -0.2) is 23.4 Å². The molecule has 3 aromatic carbocycles. The van der Waals surface area contributed by atoms with E-state index in [2.05, 4.69) is 22.3 Å². The highest BCUT2D eigenvalue weighted by molar-refractivity contribution is 6.31. The number of hydrogen-bond donors (Lipinski definition) is 1. The average Bonchev–Trinajstić information content (AvgIpc) is 3.27. The lowest BCUT2D eigenvalue weighted by Gasteiger charge is -2.24. The minimum absolute atomic E-state index is 0.0983. The normalized spacial score (nSPS) is 16.6. The van der Waals surface area contributed by atoms with E-state index in [1.54, 1.807) is 0 Å². The number of hydrogen-bond acceptors (Lipinski definition) is 2. The van der Waals surface area contributed by atoms with Crippen molar-refractivity contribution >= 4 is 17.5 Å². The summed E-state index contributed by atoms with van der Waals surface area (Å²) in [4.78, 5) is 15.0. The standard InChI is InChI=1S/C27H26ClF3N2O/c1-18-7-10-22(15-24(18)28)21-5-2-4-20(14-21)17-33-13-3-6-25(33)26(34)32-16-19-8-11-23(12-9-19)27(29,30)31/h2,4-5,7-12,14-15,25H,3,6,13,16-17H2,1H3,(H,32,34). The summed E-state index contributed by atoms with van der Waals surface area (Å²) in [6, 6.07) is 18.9. The monoisotopic (exact) mass is 486 g/mol. The highest BCUT2D eigenvalue weighted by atomic mass is 35.5. The Morgan fingerprint density at radius 2 is 1.76 bits per heavy atom. The molecule has 0 bridgehead atoms. The molecule has 4 rings (SSSR count). The lowest BCUT2D eigenvalue weighted by Crippen LogP contribution is -2.42. The van der Waals surface area contributed by atoms with E-state index in [4.69, 9.17) is 11.6 Å². The molecule has 7 heteroatoms. The Morgan fingerprint density at radius 3 is 2.47 bits per heavy atom. The smallest absolute Gasteiger partial charge is 0.351 e. The molecular weight excluding hydrogens is 461 g/mol. The van der Waals surface area contributed by atoms with Crippen molar-refractivity contribution in [3.8, 4) is 11.1 Å². The molecule has 0 spiro atoms. The van der Waals surface area contributed by atoms with E-state index in [-0.39, 0.29) is 18.5 Å². The van der Waals surface area contributed by atoms with Crippen LogP contribution < -0.4 is 5.32 Å². The van der Waals surface area contributed by atoms with Crippen LogP contribution in [0.3, 0.4) is 0 Å². The van der Waals surface area contributed by atoms with Crippen molar-refractivity contribution in [2.45, 2.75) is 45.1 Å². The van der Waals surface area contributed by atoms with Crippen LogP contribution in [0.5, 0.6) is 0 Å². The van der Waals surface area contributed by atoms with Crippen molar-refractivity contribution in [1.29, 1.82) is 0 Å². The maximum absolute atomic E-state index is 12.9. The molecule has 1 aliphatic rings. The molecular formula is C27H26ClF3N2O. The van der Waals surface area contributed by atoms with Crippen LogP contribution in [0.1, 0.15) is 35.1 Å². The van der Waals surface area contributed by atoms with E-state index in [1.807, 2.05) is 37.3 Å². The van der Waals surface area contributed by atoms with Crippen molar-refractivity contribution < 1.29 is 18.0 Å². The molecule has 1 atom stereocenters. The molecule has 0 aromatic heterocycles. The summed E-state index contributed by atoms with van der Waals surface area (Å²) in [7, 11) is 0. The Labute approximate surface area is 202 Å². The predicted molar refractivity (Wildman–Crippen MR) is 128 cm³/mol. The van der Waals surface area contributed by atoms with Crippen LogP contribution in [-0.2, 0) is 24.1 Å². The number of nitrogens with one attached hydrogen (secondary N) is 1. The molecule has 3 nitrogen and oxygen atoms in total. The highest BCUT2D eigenvalue weighted by Crippen LogP contribution is 2.29. The van der Waals surface area contributed by atoms with Gasteiger partial charge in [0, 0.05) is 18.1 Å². The van der Waals surface area contributed by atoms with Gasteiger partial charge in [-0.15, -0.1) is 0 Å². The molecule has 34 heavy (non-hydrogen) atoms. The van der Waals surface area contributed by atoms with Gasteiger partial charge in [0.1, 0.15) is 0 Å². The Kier molecular flexibility index (Phi) is 7.29. The molecule has 1 fully saturated rings. The van der Waals surface area contributed by atoms with Crippen molar-refractivity contribution in [1.82, 2.24) is 10.2 Å². The first-order valence-corrected chi connectivity index (χ1v) is 11.6. The second kappa shape index (κ2) is 10.2. The zero-order chi connectivity index (χ0) is 24.3. The SMILES string of the molecule is Cc1ccc(-c2cccc(CN3CCCC3C(=O)NCc3ccc(C(F)(F)F)cc3)c2)cc1Cl. The van der Waals surface area contributed by atoms with E-state index in [0.717, 1.165) is 58.8 Å². The molecule has 1 N–H and O–H groups in total. The van der Waals surface area contributed by atoms with Crippen molar-refractivity contribution in [2.75, 3.05) is 6.54 Å². The van der Waals surface area contributed by atoms with Crippen molar-refractivity contribution in [2.24, 2.45) is 0 Å². The maximum Gasteiger partial charge on any atom is 0.416 e. The average molecular weight is 487 g/mol. The number of alkyl halides is 3. The third-order valence-corrected chi connectivity index (χ3v) is 6.64. The van der Waals surface area contributed by atoms with E-state index < -0.39 is 11.7 Å². The van der Waals surface area contributed by atoms with Crippen molar-refractivity contribution in [3.05, 3.63) is 94.0 Å². The fourth-order valence-electron chi connectivity index (χ4n) is 4.29. The van der Waals surface area contributed by atoms with Crippen molar-refractivity contribution in [3.63, 3.8) is 0 Å². The van der Waals surface area contributed by atoms with Crippen LogP contribution in [0.4, 0.5) is 13.2 Å². The molecule has 3 aromatic rings. The van der Waals surface area contributed by atoms with Crippen LogP contribution in [0.25, 0.3) is 11.1 Å². The molecule has 178 valence electrons. The van der Waals surface area contributed by atoms with Gasteiger partial charge in [0.2, 0.25) is 5.91 Å². The maximum atomic E-state index is 12.9. The fourth-order valence-corrected chi connectivity index (χ4v) is 4.47. The first-order chi connectivity index (χ1) is 16.2. The minimum atomic E-state index is -4.37. The zero-order valence-electron chi connectivity index (χ0n) is 18.8. The fraction of sp³-hybridized carbons (Fsp3) is 0.296. The summed E-state index contributed by atoms with van der Waals surface area (Å²) in [5, 5.41) is 3.62. The Balaban J connectivity index is 1.38. The number of nitrogens with zero attached hydrogens (tertiary/aromatic N) is 1. The van der Waals surface area contributed by atoms with Gasteiger partial charge in [0.25, 0.3) is 0 Å². The minimum Gasteiger partial charge on any atom is -0.351 e. The van der Waals surface area contributed by atoms with Gasteiger partial charge in [-0.25, -0.2) is 0 Å². The van der Waals surface area contributed by atoms with E-state index in [9.17, 15) is 18.0 Å². The molecule has 1 aliphatic heterocycles. The lowest BCUT2D eigenvalue weighted by molar-refractivity contribution is -0.137. The molecule has 0 radical (unpaired) electrons. The Morgan fingerprint density at radius 1 is 1.03 bits per heavy atom. The number of halogens is 4. The van der Waals surface area contributed by atoms with E-state index >= 15 is 0 Å². The number of amides is 1. The lowest BCUT2D eigenvalue weighted by atomic mass is 10.0. The summed E-state index contributed by atoms with van der Waals surface area (Å²) < 4.78 is 38.2. The van der Waals surface area contributed by atoms with Crippen LogP contribution in [0.15, 0.2) is 66.7 Å². The molecule has 1 unspecified atom stereocenters. The van der Waals surface area contributed by atoms with E-state index in [1.165, 1.54) is 12.1 Å². The zero-order valence-corrected chi connectivity index (χ0v) is 19.6. The van der Waals surface area contributed by atoms with Crippen LogP contribution in [0.2, 0.25) is 5.02 Å². The summed E-state index contributed by atoms with van der Waals surface area (Å²) in [5.41, 5.74) is 4.20. The first kappa shape index (κ1) is 24.3. The molecule has 1 heterocycles. The first-order valence-electron chi connectivity index (χ1n) is 11.2. The van der Waals surface area contributed by atoms with Gasteiger partial charge in [-0.1, -0.05) is 54.1 Å². The topological polar surface area (TPSA) is 32.3 Å². The van der Waals surface area contributed by atoms with Gasteiger partial charge in [0.05, 0.1) is 11.6 Å². The summed E-state index contributed by atoms with van der Waals surface area (Å²) in [5.74, 6) is -0.0983. The number of likely N-dealkylation sites (tertiary alicyclic amines) is 1. The number of carbonyl (C=O) groups excluding carboxylic acids is 1. The molecule has 0 aliphatic carbocycles. The van der Waals surface area contributed by atoms with Gasteiger partial charge in [0.15, 0.2) is 0 Å². The third-order valence-electron chi connectivity index (χ3n) is 6.23.